The van der Waals surface area contributed by atoms with E-state index < -0.39 is 18.2 Å². The minimum Gasteiger partial charge on any atom is -0.334 e. The number of carbonyl (C=O) groups is 1. The zero-order valence-corrected chi connectivity index (χ0v) is 4.01. The smallest absolute Gasteiger partial charge is 0.334 e. The normalized spacial score (nSPS) is 12.2. The Morgan fingerprint density at radius 2 is 1.78 bits per heavy atom. The number of carbonyl (C=O) groups excluding carboxylic acids is 1. The topological polar surface area (TPSA) is 57.5 Å². The average molecular weight is 144 g/mol. The summed E-state index contributed by atoms with van der Waals surface area (Å²) in [6.07, 6.45) is -3.70. The van der Waals surface area contributed by atoms with Gasteiger partial charge in [0.15, 0.2) is 0 Å². The zero-order chi connectivity index (χ0) is 7.65. The molecule has 0 rings (SSSR count). The molecule has 0 radical (unpaired) electrons. The number of alkyl halides is 3. The van der Waals surface area contributed by atoms with Gasteiger partial charge in [0.2, 0.25) is 0 Å². The van der Waals surface area contributed by atoms with Crippen LogP contribution in [-0.4, -0.2) is 28.5 Å². The Balaban J connectivity index is 4.06. The Morgan fingerprint density at radius 3 is 1.78 bits per heavy atom. The summed E-state index contributed by atoms with van der Waals surface area (Å²) in [5.41, 5.74) is 0. The van der Waals surface area contributed by atoms with Gasteiger partial charge in [-0.2, -0.15) is 4.39 Å². The number of aliphatic hydroxyl groups is 2. The highest BCUT2D eigenvalue weighted by atomic mass is 19.3. The third kappa shape index (κ3) is 2.43. The van der Waals surface area contributed by atoms with Crippen molar-refractivity contribution in [3.05, 3.63) is 0 Å². The average Bonchev–Trinajstić information content (AvgIpc) is 1.62. The first-order chi connectivity index (χ1) is 3.85. The van der Waals surface area contributed by atoms with Gasteiger partial charge in [-0.3, -0.25) is 4.79 Å². The third-order valence-electron chi connectivity index (χ3n) is 0.512. The molecule has 0 heterocycles. The lowest BCUT2D eigenvalue weighted by atomic mass is 10.4. The van der Waals surface area contributed by atoms with Gasteiger partial charge in [0.1, 0.15) is 0 Å². The fraction of sp³-hybridized carbons (Fsp3) is 0.667. The summed E-state index contributed by atoms with van der Waals surface area (Å²) >= 11 is 0. The molecule has 54 valence electrons. The molecule has 9 heavy (non-hydrogen) atoms. The highest BCUT2D eigenvalue weighted by Crippen LogP contribution is 2.08. The number of halogens is 3. The van der Waals surface area contributed by atoms with Crippen molar-refractivity contribution in [3.63, 3.8) is 0 Å². The van der Waals surface area contributed by atoms with Crippen molar-refractivity contribution in [2.24, 2.45) is 0 Å². The maximum Gasteiger partial charge on any atom is 0.383 e. The summed E-state index contributed by atoms with van der Waals surface area (Å²) < 4.78 is 33.3. The summed E-state index contributed by atoms with van der Waals surface area (Å²) in [6.45, 7) is 0. The van der Waals surface area contributed by atoms with Gasteiger partial charge in [-0.25, -0.2) is 8.78 Å². The van der Waals surface area contributed by atoms with Gasteiger partial charge in [-0.1, -0.05) is 0 Å². The van der Waals surface area contributed by atoms with Gasteiger partial charge in [-0.15, -0.1) is 0 Å². The molecule has 0 unspecified atom stereocenters. The van der Waals surface area contributed by atoms with Crippen molar-refractivity contribution < 1.29 is 28.2 Å². The number of hydrogen-bond donors (Lipinski definition) is 2. The number of hydrogen-bond acceptors (Lipinski definition) is 3. The van der Waals surface area contributed by atoms with Gasteiger partial charge in [-0.05, 0) is 0 Å². The van der Waals surface area contributed by atoms with E-state index in [0.717, 1.165) is 0 Å². The molecular formula is C3H3F3O3. The molecule has 2 N–H and O–H groups in total. The lowest BCUT2D eigenvalue weighted by molar-refractivity contribution is -0.250. The monoisotopic (exact) mass is 144 g/mol. The molecule has 0 atom stereocenters. The van der Waals surface area contributed by atoms with Gasteiger partial charge >= 0.3 is 12.5 Å². The maximum atomic E-state index is 11.3. The molecule has 0 aromatic rings. The molecule has 0 aliphatic heterocycles. The fourth-order valence-corrected chi connectivity index (χ4v) is 0.139. The molecule has 0 fully saturated rings. The molecule has 0 aliphatic carbocycles. The second kappa shape index (κ2) is 2.32. The van der Waals surface area contributed by atoms with E-state index in [4.69, 9.17) is 10.2 Å². The standard InChI is InChI=1S/C3H3F3O3/c4-2(5)1(7)3(6,8)9/h2,8-9H. The molecule has 3 nitrogen and oxygen atoms in total. The van der Waals surface area contributed by atoms with Crippen LogP contribution < -0.4 is 0 Å². The van der Waals surface area contributed by atoms with Crippen molar-refractivity contribution in [1.29, 1.82) is 0 Å². The van der Waals surface area contributed by atoms with Crippen LogP contribution in [0.25, 0.3) is 0 Å². The van der Waals surface area contributed by atoms with Crippen LogP contribution in [0, 0.1) is 0 Å². The van der Waals surface area contributed by atoms with Crippen LogP contribution in [0.2, 0.25) is 0 Å². The van der Waals surface area contributed by atoms with E-state index in [1.54, 1.807) is 0 Å². The fourth-order valence-electron chi connectivity index (χ4n) is 0.139. The van der Waals surface area contributed by atoms with Crippen molar-refractivity contribution >= 4 is 5.78 Å². The molecule has 0 bridgehead atoms. The van der Waals surface area contributed by atoms with Crippen molar-refractivity contribution in [3.8, 4) is 0 Å². The second-order valence-electron chi connectivity index (χ2n) is 1.25. The van der Waals surface area contributed by atoms with Crippen LogP contribution in [0.4, 0.5) is 13.2 Å². The van der Waals surface area contributed by atoms with Crippen LogP contribution in [0.3, 0.4) is 0 Å². The molecule has 0 aromatic heterocycles. The lowest BCUT2D eigenvalue weighted by Gasteiger charge is -2.06. The third-order valence-corrected chi connectivity index (χ3v) is 0.512. The first-order valence-electron chi connectivity index (χ1n) is 1.82. The first-order valence-corrected chi connectivity index (χ1v) is 1.82. The van der Waals surface area contributed by atoms with Crippen LogP contribution in [0.15, 0.2) is 0 Å². The summed E-state index contributed by atoms with van der Waals surface area (Å²) in [7, 11) is 0. The summed E-state index contributed by atoms with van der Waals surface area (Å²) in [5, 5.41) is 15.0. The Morgan fingerprint density at radius 1 is 1.44 bits per heavy atom. The van der Waals surface area contributed by atoms with Gasteiger partial charge in [0, 0.05) is 0 Å². The molecule has 0 saturated carbocycles. The predicted octanol–water partition coefficient (Wildman–Crippen LogP) is -0.571. The maximum absolute atomic E-state index is 11.3. The molecule has 0 amide bonds. The SMILES string of the molecule is O=C(C(F)F)C(O)(O)F. The molecular weight excluding hydrogens is 141 g/mol. The lowest BCUT2D eigenvalue weighted by Crippen LogP contribution is -2.37. The van der Waals surface area contributed by atoms with Crippen molar-refractivity contribution in [2.75, 3.05) is 0 Å². The molecule has 0 aromatic carbocycles. The van der Waals surface area contributed by atoms with E-state index in [2.05, 4.69) is 0 Å². The van der Waals surface area contributed by atoms with Crippen LogP contribution in [-0.2, 0) is 4.79 Å². The van der Waals surface area contributed by atoms with Crippen LogP contribution in [0.1, 0.15) is 0 Å². The number of Topliss-reactive ketones (excluding diaryl/α,β-unsaturated/α-hetero) is 1. The van der Waals surface area contributed by atoms with Gasteiger partial charge < -0.3 is 10.2 Å². The van der Waals surface area contributed by atoms with Crippen LogP contribution >= 0.6 is 0 Å². The van der Waals surface area contributed by atoms with Gasteiger partial charge in [0.05, 0.1) is 0 Å². The molecule has 0 saturated heterocycles. The molecule has 0 aliphatic rings. The van der Waals surface area contributed by atoms with E-state index in [1.165, 1.54) is 0 Å². The Bertz CT molecular complexity index is 116. The minimum absolute atomic E-state index is 2.55. The van der Waals surface area contributed by atoms with Gasteiger partial charge in [0.25, 0.3) is 5.78 Å². The number of ketones is 1. The van der Waals surface area contributed by atoms with Crippen molar-refractivity contribution in [2.45, 2.75) is 12.5 Å². The molecule has 0 spiro atoms. The van der Waals surface area contributed by atoms with E-state index in [-0.39, 0.29) is 0 Å². The Labute approximate surface area is 47.7 Å². The zero-order valence-electron chi connectivity index (χ0n) is 4.01. The first kappa shape index (κ1) is 8.38. The van der Waals surface area contributed by atoms with Crippen LogP contribution in [0.5, 0.6) is 0 Å². The predicted molar refractivity (Wildman–Crippen MR) is 19.3 cm³/mol. The highest BCUT2D eigenvalue weighted by Gasteiger charge is 2.39. The van der Waals surface area contributed by atoms with E-state index in [9.17, 15) is 18.0 Å². The number of rotatable bonds is 2. The Hall–Kier alpha value is -0.620. The highest BCUT2D eigenvalue weighted by molar-refractivity contribution is 5.86. The summed E-state index contributed by atoms with van der Waals surface area (Å²) in [6, 6.07) is -4.41. The van der Waals surface area contributed by atoms with Crippen molar-refractivity contribution in [1.82, 2.24) is 0 Å². The molecule has 6 heteroatoms. The largest absolute Gasteiger partial charge is 0.383 e. The summed E-state index contributed by atoms with van der Waals surface area (Å²) in [5.74, 6) is -2.55. The quantitative estimate of drug-likeness (QED) is 0.510. The summed E-state index contributed by atoms with van der Waals surface area (Å²) in [4.78, 5) is 9.54. The van der Waals surface area contributed by atoms with E-state index >= 15 is 0 Å². The van der Waals surface area contributed by atoms with E-state index in [0.29, 0.717) is 0 Å². The second-order valence-corrected chi connectivity index (χ2v) is 1.25. The Kier molecular flexibility index (Phi) is 2.16. The minimum atomic E-state index is -4.41. The van der Waals surface area contributed by atoms with E-state index in [1.807, 2.05) is 0 Å².